The second-order valence-corrected chi connectivity index (χ2v) is 4.97. The Bertz CT molecular complexity index is 299. The summed E-state index contributed by atoms with van der Waals surface area (Å²) in [5, 5.41) is 3.71. The highest BCUT2D eigenvalue weighted by Crippen LogP contribution is 2.24. The second kappa shape index (κ2) is 7.71. The number of unbranched alkanes of at least 4 members (excludes halogenated alkanes) is 6. The summed E-state index contributed by atoms with van der Waals surface area (Å²) in [6, 6.07) is 0. The third-order valence-corrected chi connectivity index (χ3v) is 3.58. The van der Waals surface area contributed by atoms with E-state index in [1.165, 1.54) is 38.5 Å². The van der Waals surface area contributed by atoms with Gasteiger partial charge in [-0.25, -0.2) is 0 Å². The molecule has 0 fully saturated rings. The lowest BCUT2D eigenvalue weighted by Gasteiger charge is -1.99. The molecule has 92 valence electrons. The zero-order valence-electron chi connectivity index (χ0n) is 9.97. The van der Waals surface area contributed by atoms with Crippen molar-refractivity contribution in [2.24, 2.45) is 0 Å². The lowest BCUT2D eigenvalue weighted by Crippen LogP contribution is -1.87. The maximum atomic E-state index is 5.57. The SMILES string of the molecule is CCCCCCCCCc1onc(N)c1Br. The number of nitrogens with zero attached hydrogens (tertiary/aromatic N) is 1. The van der Waals surface area contributed by atoms with Crippen LogP contribution in [0.1, 0.15) is 57.6 Å². The average Bonchev–Trinajstić information content (AvgIpc) is 2.59. The first-order chi connectivity index (χ1) is 7.75. The molecule has 4 heteroatoms. The first-order valence-corrected chi connectivity index (χ1v) is 6.94. The van der Waals surface area contributed by atoms with E-state index in [0.29, 0.717) is 5.82 Å². The van der Waals surface area contributed by atoms with Crippen molar-refractivity contribution in [3.63, 3.8) is 0 Å². The number of hydrogen-bond acceptors (Lipinski definition) is 3. The Morgan fingerprint density at radius 3 is 2.31 bits per heavy atom. The van der Waals surface area contributed by atoms with Gasteiger partial charge in [0.2, 0.25) is 0 Å². The van der Waals surface area contributed by atoms with Gasteiger partial charge in [-0.3, -0.25) is 0 Å². The smallest absolute Gasteiger partial charge is 0.181 e. The van der Waals surface area contributed by atoms with E-state index in [2.05, 4.69) is 28.0 Å². The molecule has 0 saturated carbocycles. The van der Waals surface area contributed by atoms with Crippen molar-refractivity contribution in [2.75, 3.05) is 5.73 Å². The van der Waals surface area contributed by atoms with E-state index in [1.807, 2.05) is 0 Å². The summed E-state index contributed by atoms with van der Waals surface area (Å²) in [6.45, 7) is 2.24. The van der Waals surface area contributed by atoms with E-state index in [4.69, 9.17) is 10.3 Å². The Morgan fingerprint density at radius 1 is 1.12 bits per heavy atom. The molecule has 0 spiro atoms. The van der Waals surface area contributed by atoms with Crippen LogP contribution in [-0.4, -0.2) is 5.16 Å². The Hall–Kier alpha value is -0.510. The molecule has 1 aromatic rings. The molecule has 16 heavy (non-hydrogen) atoms. The average molecular weight is 289 g/mol. The van der Waals surface area contributed by atoms with Crippen molar-refractivity contribution in [3.8, 4) is 0 Å². The normalized spacial score (nSPS) is 10.9. The van der Waals surface area contributed by atoms with Crippen LogP contribution >= 0.6 is 15.9 Å². The van der Waals surface area contributed by atoms with E-state index < -0.39 is 0 Å². The van der Waals surface area contributed by atoms with Gasteiger partial charge in [-0.15, -0.1) is 0 Å². The molecule has 1 rings (SSSR count). The summed E-state index contributed by atoms with van der Waals surface area (Å²) >= 11 is 3.37. The molecule has 0 atom stereocenters. The molecule has 1 heterocycles. The first-order valence-electron chi connectivity index (χ1n) is 6.15. The van der Waals surface area contributed by atoms with Crippen molar-refractivity contribution in [1.29, 1.82) is 0 Å². The van der Waals surface area contributed by atoms with Gasteiger partial charge in [0.15, 0.2) is 11.6 Å². The third kappa shape index (κ3) is 4.56. The van der Waals surface area contributed by atoms with E-state index in [1.54, 1.807) is 0 Å². The minimum absolute atomic E-state index is 0.456. The summed E-state index contributed by atoms with van der Waals surface area (Å²) < 4.78 is 5.95. The number of nitrogen functional groups attached to an aromatic ring is 1. The Kier molecular flexibility index (Phi) is 6.53. The second-order valence-electron chi connectivity index (χ2n) is 4.18. The molecule has 0 bridgehead atoms. The van der Waals surface area contributed by atoms with Gasteiger partial charge in [0.05, 0.1) is 0 Å². The van der Waals surface area contributed by atoms with E-state index in [-0.39, 0.29) is 0 Å². The Labute approximate surface area is 106 Å². The van der Waals surface area contributed by atoms with Gasteiger partial charge in [0.1, 0.15) is 4.47 Å². The Morgan fingerprint density at radius 2 is 1.75 bits per heavy atom. The number of anilines is 1. The van der Waals surface area contributed by atoms with Gasteiger partial charge in [-0.1, -0.05) is 50.6 Å². The molecule has 2 N–H and O–H groups in total. The molecule has 0 aliphatic rings. The predicted molar refractivity (Wildman–Crippen MR) is 70.3 cm³/mol. The number of nitrogens with two attached hydrogens (primary N) is 1. The number of rotatable bonds is 8. The fraction of sp³-hybridized carbons (Fsp3) is 0.750. The van der Waals surface area contributed by atoms with E-state index in [9.17, 15) is 0 Å². The lowest BCUT2D eigenvalue weighted by molar-refractivity contribution is 0.380. The van der Waals surface area contributed by atoms with Crippen LogP contribution in [0.3, 0.4) is 0 Å². The summed E-state index contributed by atoms with van der Waals surface area (Å²) in [5.74, 6) is 1.34. The van der Waals surface area contributed by atoms with Gasteiger partial charge in [-0.05, 0) is 22.4 Å². The largest absolute Gasteiger partial charge is 0.380 e. The van der Waals surface area contributed by atoms with Crippen molar-refractivity contribution in [3.05, 3.63) is 10.2 Å². The molecule has 0 aliphatic carbocycles. The fourth-order valence-electron chi connectivity index (χ4n) is 1.73. The highest BCUT2D eigenvalue weighted by molar-refractivity contribution is 9.10. The number of aryl methyl sites for hydroxylation is 1. The van der Waals surface area contributed by atoms with Crippen LogP contribution in [0.4, 0.5) is 5.82 Å². The molecular weight excluding hydrogens is 268 g/mol. The van der Waals surface area contributed by atoms with Gasteiger partial charge in [0, 0.05) is 6.42 Å². The molecule has 0 saturated heterocycles. The summed E-state index contributed by atoms with van der Waals surface area (Å²) in [6.07, 6.45) is 10.1. The summed E-state index contributed by atoms with van der Waals surface area (Å²) in [4.78, 5) is 0. The topological polar surface area (TPSA) is 52.0 Å². The number of aromatic nitrogens is 1. The highest BCUT2D eigenvalue weighted by Gasteiger charge is 2.09. The van der Waals surface area contributed by atoms with Gasteiger partial charge >= 0.3 is 0 Å². The van der Waals surface area contributed by atoms with Crippen LogP contribution < -0.4 is 5.73 Å². The van der Waals surface area contributed by atoms with Crippen molar-refractivity contribution >= 4 is 21.7 Å². The third-order valence-electron chi connectivity index (χ3n) is 2.73. The molecule has 0 aliphatic heterocycles. The lowest BCUT2D eigenvalue weighted by atomic mass is 10.1. The van der Waals surface area contributed by atoms with Crippen molar-refractivity contribution in [2.45, 2.75) is 58.3 Å². The molecule has 3 nitrogen and oxygen atoms in total. The van der Waals surface area contributed by atoms with Gasteiger partial charge in [0.25, 0.3) is 0 Å². The standard InChI is InChI=1S/C12H21BrN2O/c1-2-3-4-5-6-7-8-9-10-11(13)12(14)15-16-10/h2-9H2,1H3,(H2,14,15). The minimum Gasteiger partial charge on any atom is -0.380 e. The maximum absolute atomic E-state index is 5.57. The summed E-state index contributed by atoms with van der Waals surface area (Å²) in [5.41, 5.74) is 5.57. The van der Waals surface area contributed by atoms with Crippen LogP contribution in [0.5, 0.6) is 0 Å². The van der Waals surface area contributed by atoms with Gasteiger partial charge < -0.3 is 10.3 Å². The van der Waals surface area contributed by atoms with E-state index >= 15 is 0 Å². The predicted octanol–water partition coefficient (Wildman–Crippen LogP) is 4.31. The maximum Gasteiger partial charge on any atom is 0.181 e. The van der Waals surface area contributed by atoms with Crippen LogP contribution in [0.2, 0.25) is 0 Å². The molecular formula is C12H21BrN2O. The zero-order valence-corrected chi connectivity index (χ0v) is 11.6. The number of halogens is 1. The van der Waals surface area contributed by atoms with Crippen molar-refractivity contribution in [1.82, 2.24) is 5.16 Å². The van der Waals surface area contributed by atoms with Crippen LogP contribution in [0.25, 0.3) is 0 Å². The molecule has 0 radical (unpaired) electrons. The van der Waals surface area contributed by atoms with Crippen molar-refractivity contribution < 1.29 is 4.52 Å². The molecule has 1 aromatic heterocycles. The monoisotopic (exact) mass is 288 g/mol. The molecule has 0 unspecified atom stereocenters. The minimum atomic E-state index is 0.456. The quantitative estimate of drug-likeness (QED) is 0.725. The number of hydrogen-bond donors (Lipinski definition) is 1. The van der Waals surface area contributed by atoms with Crippen LogP contribution in [-0.2, 0) is 6.42 Å². The van der Waals surface area contributed by atoms with E-state index in [0.717, 1.165) is 23.1 Å². The zero-order chi connectivity index (χ0) is 11.8. The molecule has 0 aromatic carbocycles. The highest BCUT2D eigenvalue weighted by atomic mass is 79.9. The van der Waals surface area contributed by atoms with Gasteiger partial charge in [-0.2, -0.15) is 0 Å². The van der Waals surface area contributed by atoms with Crippen LogP contribution in [0, 0.1) is 0 Å². The Balaban J connectivity index is 2.05. The molecule has 0 amide bonds. The summed E-state index contributed by atoms with van der Waals surface area (Å²) in [7, 11) is 0. The van der Waals surface area contributed by atoms with Crippen LogP contribution in [0.15, 0.2) is 9.00 Å². The first kappa shape index (κ1) is 13.6. The fourth-order valence-corrected chi connectivity index (χ4v) is 2.07.